The second kappa shape index (κ2) is 4.13. The van der Waals surface area contributed by atoms with Crippen molar-refractivity contribution in [2.24, 2.45) is 5.73 Å². The van der Waals surface area contributed by atoms with Crippen LogP contribution in [-0.2, 0) is 9.53 Å². The van der Waals surface area contributed by atoms with E-state index >= 15 is 0 Å². The molecule has 0 radical (unpaired) electrons. The van der Waals surface area contributed by atoms with E-state index in [2.05, 4.69) is 6.58 Å². The number of esters is 1. The summed E-state index contributed by atoms with van der Waals surface area (Å²) in [6.07, 6.45) is 2.35. The van der Waals surface area contributed by atoms with Crippen LogP contribution in [0.4, 0.5) is 0 Å². The fourth-order valence-corrected chi connectivity index (χ4v) is 0.636. The van der Waals surface area contributed by atoms with Crippen molar-refractivity contribution >= 4 is 5.97 Å². The SMILES string of the molecule is C=CC(=O)OC(N)(CC)CC. The Labute approximate surface area is 67.2 Å². The van der Waals surface area contributed by atoms with Gasteiger partial charge in [0.05, 0.1) is 0 Å². The molecule has 0 aromatic carbocycles. The predicted molar refractivity (Wildman–Crippen MR) is 43.8 cm³/mol. The summed E-state index contributed by atoms with van der Waals surface area (Å²) >= 11 is 0. The van der Waals surface area contributed by atoms with Gasteiger partial charge in [0.25, 0.3) is 0 Å². The van der Waals surface area contributed by atoms with Gasteiger partial charge in [-0.3, -0.25) is 5.73 Å². The van der Waals surface area contributed by atoms with Gasteiger partial charge in [0.1, 0.15) is 0 Å². The van der Waals surface area contributed by atoms with Gasteiger partial charge in [0.2, 0.25) is 0 Å². The average molecular weight is 157 g/mol. The maximum absolute atomic E-state index is 10.7. The number of hydrogen-bond acceptors (Lipinski definition) is 3. The fourth-order valence-electron chi connectivity index (χ4n) is 0.636. The predicted octanol–water partition coefficient (Wildman–Crippen LogP) is 1.19. The highest BCUT2D eigenvalue weighted by atomic mass is 16.6. The first-order valence-corrected chi connectivity index (χ1v) is 3.72. The quantitative estimate of drug-likeness (QED) is 0.379. The molecule has 0 aromatic heterocycles. The van der Waals surface area contributed by atoms with E-state index in [1.54, 1.807) is 0 Å². The van der Waals surface area contributed by atoms with Gasteiger partial charge in [-0.2, -0.15) is 0 Å². The molecule has 3 nitrogen and oxygen atoms in total. The molecule has 0 heterocycles. The monoisotopic (exact) mass is 157 g/mol. The van der Waals surface area contributed by atoms with Crippen LogP contribution in [0, 0.1) is 0 Å². The van der Waals surface area contributed by atoms with Crippen molar-refractivity contribution in [1.29, 1.82) is 0 Å². The van der Waals surface area contributed by atoms with E-state index in [1.807, 2.05) is 13.8 Å². The molecule has 0 atom stereocenters. The van der Waals surface area contributed by atoms with Crippen LogP contribution in [0.3, 0.4) is 0 Å². The molecular weight excluding hydrogens is 142 g/mol. The highest BCUT2D eigenvalue weighted by Crippen LogP contribution is 2.12. The Hall–Kier alpha value is -0.830. The summed E-state index contributed by atoms with van der Waals surface area (Å²) in [6, 6.07) is 0. The first kappa shape index (κ1) is 10.2. The highest BCUT2D eigenvalue weighted by molar-refractivity contribution is 5.81. The third-order valence-corrected chi connectivity index (χ3v) is 1.67. The molecule has 0 rings (SSSR count). The van der Waals surface area contributed by atoms with Gasteiger partial charge in [-0.15, -0.1) is 0 Å². The Morgan fingerprint density at radius 1 is 1.64 bits per heavy atom. The van der Waals surface area contributed by atoms with E-state index in [9.17, 15) is 4.79 Å². The summed E-state index contributed by atoms with van der Waals surface area (Å²) in [6.45, 7) is 7.03. The van der Waals surface area contributed by atoms with E-state index in [-0.39, 0.29) is 0 Å². The third kappa shape index (κ3) is 3.18. The van der Waals surface area contributed by atoms with Crippen LogP contribution in [0.2, 0.25) is 0 Å². The molecule has 3 heteroatoms. The van der Waals surface area contributed by atoms with Crippen molar-refractivity contribution in [2.45, 2.75) is 32.4 Å². The maximum atomic E-state index is 10.7. The summed E-state index contributed by atoms with van der Waals surface area (Å²) in [4.78, 5) is 10.7. The van der Waals surface area contributed by atoms with Crippen LogP contribution in [0.15, 0.2) is 12.7 Å². The molecule has 0 aliphatic heterocycles. The summed E-state index contributed by atoms with van der Waals surface area (Å²) in [7, 11) is 0. The van der Waals surface area contributed by atoms with Gasteiger partial charge in [-0.05, 0) is 12.8 Å². The molecular formula is C8H15NO2. The Kier molecular flexibility index (Phi) is 3.82. The number of hydrogen-bond donors (Lipinski definition) is 1. The minimum absolute atomic E-state index is 0.462. The van der Waals surface area contributed by atoms with Crippen LogP contribution in [0.25, 0.3) is 0 Å². The Balaban J connectivity index is 4.06. The van der Waals surface area contributed by atoms with Crippen LogP contribution < -0.4 is 5.73 Å². The molecule has 0 aliphatic carbocycles. The molecule has 64 valence electrons. The molecule has 0 spiro atoms. The highest BCUT2D eigenvalue weighted by Gasteiger charge is 2.23. The summed E-state index contributed by atoms with van der Waals surface area (Å²) in [5, 5.41) is 0. The molecule has 11 heavy (non-hydrogen) atoms. The standard InChI is InChI=1S/C8H15NO2/c1-4-7(10)11-8(9,5-2)6-3/h4H,1,5-6,9H2,2-3H3. The molecule has 0 amide bonds. The van der Waals surface area contributed by atoms with Gasteiger partial charge in [0.15, 0.2) is 5.72 Å². The molecule has 0 bridgehead atoms. The van der Waals surface area contributed by atoms with Crippen LogP contribution in [-0.4, -0.2) is 11.7 Å². The minimum atomic E-state index is -0.814. The normalized spacial score (nSPS) is 10.8. The summed E-state index contributed by atoms with van der Waals surface area (Å²) < 4.78 is 4.91. The fraction of sp³-hybridized carbons (Fsp3) is 0.625. The van der Waals surface area contributed by atoms with Crippen molar-refractivity contribution in [3.8, 4) is 0 Å². The molecule has 0 saturated carbocycles. The summed E-state index contributed by atoms with van der Waals surface area (Å²) in [5.41, 5.74) is 4.87. The van der Waals surface area contributed by atoms with Crippen molar-refractivity contribution in [2.75, 3.05) is 0 Å². The lowest BCUT2D eigenvalue weighted by molar-refractivity contribution is -0.153. The lowest BCUT2D eigenvalue weighted by atomic mass is 10.1. The summed E-state index contributed by atoms with van der Waals surface area (Å²) in [5.74, 6) is -0.462. The second-order valence-corrected chi connectivity index (χ2v) is 2.40. The van der Waals surface area contributed by atoms with Crippen LogP contribution in [0.1, 0.15) is 26.7 Å². The van der Waals surface area contributed by atoms with Gasteiger partial charge in [-0.1, -0.05) is 20.4 Å². The maximum Gasteiger partial charge on any atom is 0.331 e. The molecule has 0 aromatic rings. The van der Waals surface area contributed by atoms with Crippen molar-refractivity contribution in [3.63, 3.8) is 0 Å². The Morgan fingerprint density at radius 2 is 2.09 bits per heavy atom. The first-order valence-electron chi connectivity index (χ1n) is 3.72. The van der Waals surface area contributed by atoms with Crippen molar-refractivity contribution < 1.29 is 9.53 Å². The zero-order valence-electron chi connectivity index (χ0n) is 7.09. The van der Waals surface area contributed by atoms with E-state index in [0.29, 0.717) is 12.8 Å². The van der Waals surface area contributed by atoms with Crippen LogP contribution in [0.5, 0.6) is 0 Å². The lowest BCUT2D eigenvalue weighted by Gasteiger charge is -2.25. The first-order chi connectivity index (χ1) is 5.08. The number of ether oxygens (including phenoxy) is 1. The molecule has 0 aliphatic rings. The van der Waals surface area contributed by atoms with Gasteiger partial charge < -0.3 is 4.74 Å². The molecule has 0 unspecified atom stereocenters. The third-order valence-electron chi connectivity index (χ3n) is 1.67. The van der Waals surface area contributed by atoms with E-state index in [4.69, 9.17) is 10.5 Å². The van der Waals surface area contributed by atoms with E-state index in [1.165, 1.54) is 0 Å². The molecule has 0 fully saturated rings. The minimum Gasteiger partial charge on any atom is -0.441 e. The van der Waals surface area contributed by atoms with Crippen molar-refractivity contribution in [3.05, 3.63) is 12.7 Å². The largest absolute Gasteiger partial charge is 0.441 e. The van der Waals surface area contributed by atoms with Crippen LogP contribution >= 0.6 is 0 Å². The van der Waals surface area contributed by atoms with Gasteiger partial charge in [0, 0.05) is 6.08 Å². The zero-order valence-corrected chi connectivity index (χ0v) is 7.09. The molecule has 2 N–H and O–H groups in total. The Morgan fingerprint density at radius 3 is 2.36 bits per heavy atom. The smallest absolute Gasteiger partial charge is 0.331 e. The molecule has 0 saturated heterocycles. The average Bonchev–Trinajstić information content (AvgIpc) is 2.04. The second-order valence-electron chi connectivity index (χ2n) is 2.40. The number of carbonyl (C=O) groups is 1. The number of carbonyl (C=O) groups excluding carboxylic acids is 1. The topological polar surface area (TPSA) is 52.3 Å². The van der Waals surface area contributed by atoms with E-state index in [0.717, 1.165) is 6.08 Å². The van der Waals surface area contributed by atoms with Gasteiger partial charge >= 0.3 is 5.97 Å². The van der Waals surface area contributed by atoms with Gasteiger partial charge in [-0.25, -0.2) is 4.79 Å². The lowest BCUT2D eigenvalue weighted by Crippen LogP contribution is -2.42. The zero-order chi connectivity index (χ0) is 8.91. The van der Waals surface area contributed by atoms with Crippen molar-refractivity contribution in [1.82, 2.24) is 0 Å². The Bertz CT molecular complexity index is 150. The number of nitrogens with two attached hydrogens (primary N) is 1. The van der Waals surface area contributed by atoms with E-state index < -0.39 is 11.7 Å². The number of rotatable bonds is 4.